The Morgan fingerprint density at radius 1 is 1.35 bits per heavy atom. The van der Waals surface area contributed by atoms with E-state index in [1.165, 1.54) is 4.90 Å². The molecule has 2 rings (SSSR count). The number of hydrogen-bond acceptors (Lipinski definition) is 4. The molecule has 0 aromatic carbocycles. The van der Waals surface area contributed by atoms with E-state index in [1.54, 1.807) is 0 Å². The lowest BCUT2D eigenvalue weighted by atomic mass is 9.92. The second-order valence-electron chi connectivity index (χ2n) is 4.90. The second-order valence-corrected chi connectivity index (χ2v) is 6.54. The first-order valence-electron chi connectivity index (χ1n) is 5.72. The Morgan fingerprint density at radius 3 is 2.29 bits per heavy atom. The van der Waals surface area contributed by atoms with Crippen LogP contribution in [-0.4, -0.2) is 49.5 Å². The van der Waals surface area contributed by atoms with E-state index in [0.29, 0.717) is 12.8 Å². The van der Waals surface area contributed by atoms with Crippen molar-refractivity contribution in [1.29, 1.82) is 0 Å². The fourth-order valence-corrected chi connectivity index (χ4v) is 3.40. The van der Waals surface area contributed by atoms with Crippen LogP contribution in [0.3, 0.4) is 0 Å². The maximum absolute atomic E-state index is 11.0. The smallest absolute Gasteiger partial charge is 0.407 e. The summed E-state index contributed by atoms with van der Waals surface area (Å²) in [6.45, 7) is 0.180. The van der Waals surface area contributed by atoms with Gasteiger partial charge in [-0.25, -0.2) is 4.79 Å². The largest absolute Gasteiger partial charge is 0.465 e. The van der Waals surface area contributed by atoms with Crippen LogP contribution in [0, 0.1) is 5.92 Å². The lowest BCUT2D eigenvalue weighted by Gasteiger charge is -2.36. The summed E-state index contributed by atoms with van der Waals surface area (Å²) in [5.41, 5.74) is 0. The highest BCUT2D eigenvalue weighted by Crippen LogP contribution is 2.38. The molecule has 1 amide bonds. The fourth-order valence-electron chi connectivity index (χ4n) is 2.96. The normalized spacial score (nSPS) is 32.8. The maximum Gasteiger partial charge on any atom is 0.407 e. The zero-order valence-electron chi connectivity index (χ0n) is 9.70. The minimum atomic E-state index is -3.40. The summed E-state index contributed by atoms with van der Waals surface area (Å²) in [6, 6.07) is 0.0822. The third kappa shape index (κ3) is 2.90. The van der Waals surface area contributed by atoms with Crippen molar-refractivity contribution in [2.24, 2.45) is 5.92 Å². The molecule has 2 bridgehead atoms. The van der Waals surface area contributed by atoms with E-state index < -0.39 is 16.2 Å². The molecular weight excluding hydrogens is 246 g/mol. The number of amides is 1. The van der Waals surface area contributed by atoms with Gasteiger partial charge in [-0.2, -0.15) is 8.42 Å². The monoisotopic (exact) mass is 263 g/mol. The number of carboxylic acid groups (broad SMARTS) is 1. The zero-order valence-corrected chi connectivity index (χ0v) is 10.5. The lowest BCUT2D eigenvalue weighted by Crippen LogP contribution is -2.46. The Balaban J connectivity index is 1.93. The van der Waals surface area contributed by atoms with Crippen molar-refractivity contribution < 1.29 is 22.5 Å². The first-order chi connectivity index (χ1) is 7.87. The number of carbonyl (C=O) groups is 1. The highest BCUT2D eigenvalue weighted by Gasteiger charge is 2.43. The molecule has 17 heavy (non-hydrogen) atoms. The van der Waals surface area contributed by atoms with Gasteiger partial charge in [0.25, 0.3) is 10.1 Å². The molecule has 0 saturated carbocycles. The molecule has 0 radical (unpaired) electrons. The van der Waals surface area contributed by atoms with Gasteiger partial charge in [0, 0.05) is 12.1 Å². The Labute approximate surface area is 101 Å². The van der Waals surface area contributed by atoms with Crippen molar-refractivity contribution in [3.8, 4) is 0 Å². The summed E-state index contributed by atoms with van der Waals surface area (Å²) < 4.78 is 26.6. The Hall–Kier alpha value is -0.820. The summed E-state index contributed by atoms with van der Waals surface area (Å²) in [7, 11) is -3.40. The Bertz CT molecular complexity index is 393. The predicted molar refractivity (Wildman–Crippen MR) is 60.2 cm³/mol. The van der Waals surface area contributed by atoms with Gasteiger partial charge >= 0.3 is 6.09 Å². The summed E-state index contributed by atoms with van der Waals surface area (Å²) in [4.78, 5) is 12.6. The van der Waals surface area contributed by atoms with Crippen LogP contribution < -0.4 is 0 Å². The van der Waals surface area contributed by atoms with Crippen molar-refractivity contribution >= 4 is 16.2 Å². The minimum Gasteiger partial charge on any atom is -0.465 e. The molecule has 0 aromatic heterocycles. The van der Waals surface area contributed by atoms with E-state index in [4.69, 9.17) is 9.29 Å². The summed E-state index contributed by atoms with van der Waals surface area (Å²) in [5.74, 6) is 0.151. The van der Waals surface area contributed by atoms with Gasteiger partial charge in [0.1, 0.15) is 0 Å². The summed E-state index contributed by atoms with van der Waals surface area (Å²) >= 11 is 0. The lowest BCUT2D eigenvalue weighted by molar-refractivity contribution is 0.0722. The topological polar surface area (TPSA) is 83.9 Å². The molecule has 2 heterocycles. The van der Waals surface area contributed by atoms with Crippen LogP contribution >= 0.6 is 0 Å². The van der Waals surface area contributed by atoms with Gasteiger partial charge in [-0.05, 0) is 31.6 Å². The van der Waals surface area contributed by atoms with Gasteiger partial charge in [-0.15, -0.1) is 0 Å². The van der Waals surface area contributed by atoms with Crippen molar-refractivity contribution in [2.45, 2.75) is 37.8 Å². The number of fused-ring (bicyclic) bond motifs is 2. The molecule has 0 spiro atoms. The van der Waals surface area contributed by atoms with Crippen LogP contribution in [-0.2, 0) is 14.3 Å². The van der Waals surface area contributed by atoms with Crippen LogP contribution in [0.25, 0.3) is 0 Å². The van der Waals surface area contributed by atoms with Crippen molar-refractivity contribution in [3.63, 3.8) is 0 Å². The quantitative estimate of drug-likeness (QED) is 0.764. The van der Waals surface area contributed by atoms with Crippen molar-refractivity contribution in [3.05, 3.63) is 0 Å². The van der Waals surface area contributed by atoms with Crippen LogP contribution in [0.4, 0.5) is 4.79 Å². The number of rotatable bonds is 3. The maximum atomic E-state index is 11.0. The molecule has 1 N–H and O–H groups in total. The van der Waals surface area contributed by atoms with Crippen LogP contribution in [0.15, 0.2) is 0 Å². The van der Waals surface area contributed by atoms with Gasteiger partial charge in [-0.1, -0.05) is 0 Å². The van der Waals surface area contributed by atoms with Gasteiger partial charge in [0.15, 0.2) is 0 Å². The molecule has 2 aliphatic rings. The Morgan fingerprint density at radius 2 is 1.88 bits per heavy atom. The van der Waals surface area contributed by atoms with E-state index in [0.717, 1.165) is 19.1 Å². The summed E-state index contributed by atoms with van der Waals surface area (Å²) in [5, 5.41) is 9.06. The molecule has 6 nitrogen and oxygen atoms in total. The Kier molecular flexibility index (Phi) is 3.31. The van der Waals surface area contributed by atoms with E-state index >= 15 is 0 Å². The average Bonchev–Trinajstić information content (AvgIpc) is 2.47. The van der Waals surface area contributed by atoms with E-state index in [-0.39, 0.29) is 24.6 Å². The standard InChI is InChI=1S/C10H17NO5S/c1-17(14,15)16-6-7-4-8-2-3-9(5-7)11(8)10(12)13/h7-9H,2-6H2,1H3,(H,12,13)/t7-,8-,9+. The van der Waals surface area contributed by atoms with Crippen molar-refractivity contribution in [1.82, 2.24) is 4.90 Å². The third-order valence-electron chi connectivity index (χ3n) is 3.57. The molecule has 0 unspecified atom stereocenters. The SMILES string of the molecule is CS(=O)(=O)OC[C@@H]1C[C@H]2CC[C@@H](C1)N2C(=O)O. The molecular formula is C10H17NO5S. The fraction of sp³-hybridized carbons (Fsp3) is 0.900. The second kappa shape index (κ2) is 4.45. The van der Waals surface area contributed by atoms with E-state index in [9.17, 15) is 13.2 Å². The number of hydrogen-bond donors (Lipinski definition) is 1. The molecule has 7 heteroatoms. The average molecular weight is 263 g/mol. The first-order valence-corrected chi connectivity index (χ1v) is 7.54. The molecule has 2 saturated heterocycles. The molecule has 0 aromatic rings. The van der Waals surface area contributed by atoms with Gasteiger partial charge < -0.3 is 10.0 Å². The molecule has 3 atom stereocenters. The van der Waals surface area contributed by atoms with E-state index in [1.807, 2.05) is 0 Å². The van der Waals surface area contributed by atoms with Gasteiger partial charge in [0.2, 0.25) is 0 Å². The number of nitrogens with zero attached hydrogens (tertiary/aromatic N) is 1. The van der Waals surface area contributed by atoms with Crippen LogP contribution in [0.1, 0.15) is 25.7 Å². The molecule has 2 aliphatic heterocycles. The zero-order chi connectivity index (χ0) is 12.6. The third-order valence-corrected chi connectivity index (χ3v) is 4.13. The minimum absolute atomic E-state index is 0.0411. The van der Waals surface area contributed by atoms with Crippen LogP contribution in [0.2, 0.25) is 0 Å². The molecule has 2 fully saturated rings. The van der Waals surface area contributed by atoms with Gasteiger partial charge in [0.05, 0.1) is 12.9 Å². The van der Waals surface area contributed by atoms with Gasteiger partial charge in [-0.3, -0.25) is 4.18 Å². The molecule has 0 aliphatic carbocycles. The van der Waals surface area contributed by atoms with E-state index in [2.05, 4.69) is 0 Å². The predicted octanol–water partition coefficient (Wildman–Crippen LogP) is 0.884. The highest BCUT2D eigenvalue weighted by atomic mass is 32.2. The first kappa shape index (κ1) is 12.6. The number of piperidine rings is 1. The van der Waals surface area contributed by atoms with Crippen LogP contribution in [0.5, 0.6) is 0 Å². The summed E-state index contributed by atoms with van der Waals surface area (Å²) in [6.07, 6.45) is 3.35. The molecule has 98 valence electrons. The van der Waals surface area contributed by atoms with Crippen molar-refractivity contribution in [2.75, 3.05) is 12.9 Å². The highest BCUT2D eigenvalue weighted by molar-refractivity contribution is 7.85.